The van der Waals surface area contributed by atoms with Gasteiger partial charge < -0.3 is 4.90 Å². The fourth-order valence-electron chi connectivity index (χ4n) is 2.72. The van der Waals surface area contributed by atoms with Crippen LogP contribution in [0.1, 0.15) is 18.5 Å². The van der Waals surface area contributed by atoms with Crippen LogP contribution in [0, 0.1) is 0 Å². The smallest absolute Gasteiger partial charge is 0.176 e. The van der Waals surface area contributed by atoms with Gasteiger partial charge in [-0.3, -0.25) is 0 Å². The molecule has 0 saturated heterocycles. The molecule has 0 amide bonds. The highest BCUT2D eigenvalue weighted by Crippen LogP contribution is 2.35. The molecule has 4 aromatic rings. The summed E-state index contributed by atoms with van der Waals surface area (Å²) in [6.07, 6.45) is 6.82. The molecule has 3 heterocycles. The van der Waals surface area contributed by atoms with Crippen LogP contribution in [0.15, 0.2) is 47.6 Å². The molecule has 7 nitrogen and oxygen atoms in total. The maximum atomic E-state index is 4.53. The summed E-state index contributed by atoms with van der Waals surface area (Å²) in [7, 11) is 2.05. The van der Waals surface area contributed by atoms with E-state index in [2.05, 4.69) is 56.0 Å². The van der Waals surface area contributed by atoms with Gasteiger partial charge in [0, 0.05) is 7.05 Å². The lowest BCUT2D eigenvalue weighted by molar-refractivity contribution is 0.730. The Kier molecular flexibility index (Phi) is 4.56. The second-order valence-corrected chi connectivity index (χ2v) is 7.80. The summed E-state index contributed by atoms with van der Waals surface area (Å²) in [4.78, 5) is 19.5. The zero-order chi connectivity index (χ0) is 18.1. The van der Waals surface area contributed by atoms with E-state index in [-0.39, 0.29) is 6.04 Å². The topological polar surface area (TPSA) is 72.6 Å². The quantitative estimate of drug-likeness (QED) is 0.488. The highest BCUT2D eigenvalue weighted by atomic mass is 32.2. The fourth-order valence-corrected chi connectivity index (χ4v) is 4.26. The Morgan fingerprint density at radius 2 is 1.96 bits per heavy atom. The molecule has 1 aromatic carbocycles. The molecule has 0 spiro atoms. The summed E-state index contributed by atoms with van der Waals surface area (Å²) in [6.45, 7) is 2.16. The van der Waals surface area contributed by atoms with Crippen LogP contribution in [0.2, 0.25) is 0 Å². The number of nitrogens with zero attached hydrogens (tertiary/aromatic N) is 7. The van der Waals surface area contributed by atoms with E-state index in [9.17, 15) is 0 Å². The number of thioether (sulfide) groups is 1. The zero-order valence-corrected chi connectivity index (χ0v) is 16.2. The number of hydrogen-bond acceptors (Lipinski definition) is 8. The normalized spacial score (nSPS) is 12.4. The van der Waals surface area contributed by atoms with Gasteiger partial charge in [0.1, 0.15) is 23.7 Å². The standard InChI is InChI=1S/C17H17N7S2/c1-11(12-4-6-13(7-5-12)24-10-18-8-21-24)23(2)16-14-15(19-9-20-16)22-17(25-3)26-14/h4-11H,1-3H3. The maximum Gasteiger partial charge on any atom is 0.176 e. The van der Waals surface area contributed by atoms with Crippen molar-refractivity contribution in [1.29, 1.82) is 0 Å². The molecule has 26 heavy (non-hydrogen) atoms. The van der Waals surface area contributed by atoms with Crippen molar-refractivity contribution in [2.75, 3.05) is 18.2 Å². The van der Waals surface area contributed by atoms with Gasteiger partial charge in [0.2, 0.25) is 0 Å². The SMILES string of the molecule is CSc1nc2ncnc(N(C)C(C)c3ccc(-n4cncn4)cc3)c2s1. The predicted octanol–water partition coefficient (Wildman–Crippen LogP) is 3.59. The van der Waals surface area contributed by atoms with Crippen LogP contribution >= 0.6 is 23.1 Å². The number of thiazole rings is 1. The molecular formula is C17H17N7S2. The van der Waals surface area contributed by atoms with Gasteiger partial charge >= 0.3 is 0 Å². The molecule has 9 heteroatoms. The third-order valence-corrected chi connectivity index (χ3v) is 6.33. The number of anilines is 1. The second kappa shape index (κ2) is 7.00. The Labute approximate surface area is 159 Å². The van der Waals surface area contributed by atoms with E-state index in [1.807, 2.05) is 18.4 Å². The molecular weight excluding hydrogens is 366 g/mol. The van der Waals surface area contributed by atoms with Crippen molar-refractivity contribution in [2.45, 2.75) is 17.3 Å². The number of rotatable bonds is 5. The van der Waals surface area contributed by atoms with Gasteiger partial charge in [0.05, 0.1) is 11.7 Å². The monoisotopic (exact) mass is 383 g/mol. The van der Waals surface area contributed by atoms with Crippen LogP contribution in [-0.2, 0) is 0 Å². The zero-order valence-electron chi connectivity index (χ0n) is 14.6. The van der Waals surface area contributed by atoms with Crippen LogP contribution in [-0.4, -0.2) is 43.0 Å². The number of benzene rings is 1. The van der Waals surface area contributed by atoms with Crippen molar-refractivity contribution in [3.63, 3.8) is 0 Å². The van der Waals surface area contributed by atoms with Gasteiger partial charge in [0.15, 0.2) is 15.8 Å². The maximum absolute atomic E-state index is 4.53. The Balaban J connectivity index is 1.64. The highest BCUT2D eigenvalue weighted by Gasteiger charge is 2.19. The molecule has 0 aliphatic heterocycles. The third-order valence-electron chi connectivity index (χ3n) is 4.30. The van der Waals surface area contributed by atoms with Crippen molar-refractivity contribution in [3.8, 4) is 5.69 Å². The molecule has 0 radical (unpaired) electrons. The van der Waals surface area contributed by atoms with Crippen molar-refractivity contribution < 1.29 is 0 Å². The van der Waals surface area contributed by atoms with Crippen LogP contribution in [0.25, 0.3) is 16.0 Å². The van der Waals surface area contributed by atoms with Gasteiger partial charge in [0.25, 0.3) is 0 Å². The minimum atomic E-state index is 0.151. The number of hydrogen-bond donors (Lipinski definition) is 0. The van der Waals surface area contributed by atoms with Gasteiger partial charge in [-0.05, 0) is 30.9 Å². The van der Waals surface area contributed by atoms with E-state index in [0.29, 0.717) is 0 Å². The summed E-state index contributed by atoms with van der Waals surface area (Å²) in [5.41, 5.74) is 2.93. The third kappa shape index (κ3) is 3.04. The van der Waals surface area contributed by atoms with Crippen molar-refractivity contribution >= 4 is 39.3 Å². The Bertz CT molecular complexity index is 1010. The summed E-state index contributed by atoms with van der Waals surface area (Å²) < 4.78 is 3.76. The summed E-state index contributed by atoms with van der Waals surface area (Å²) >= 11 is 3.26. The van der Waals surface area contributed by atoms with Gasteiger partial charge in [-0.15, -0.1) is 11.3 Å². The molecule has 0 N–H and O–H groups in total. The summed E-state index contributed by atoms with van der Waals surface area (Å²) in [5, 5.41) is 4.16. The van der Waals surface area contributed by atoms with E-state index in [1.165, 1.54) is 11.9 Å². The molecule has 0 saturated carbocycles. The first kappa shape index (κ1) is 16.9. The Morgan fingerprint density at radius 3 is 2.65 bits per heavy atom. The minimum absolute atomic E-state index is 0.151. The van der Waals surface area contributed by atoms with Gasteiger partial charge in [-0.1, -0.05) is 23.9 Å². The molecule has 132 valence electrons. The summed E-state index contributed by atoms with van der Waals surface area (Å²) in [6, 6.07) is 8.45. The second-order valence-electron chi connectivity index (χ2n) is 5.75. The minimum Gasteiger partial charge on any atom is -0.352 e. The molecule has 1 unspecified atom stereocenters. The fraction of sp³-hybridized carbons (Fsp3) is 0.235. The lowest BCUT2D eigenvalue weighted by Gasteiger charge is -2.26. The Morgan fingerprint density at radius 1 is 1.15 bits per heavy atom. The van der Waals surface area contributed by atoms with Gasteiger partial charge in [-0.25, -0.2) is 24.6 Å². The average Bonchev–Trinajstić information content (AvgIpc) is 3.36. The molecule has 1 atom stereocenters. The first-order chi connectivity index (χ1) is 12.7. The highest BCUT2D eigenvalue weighted by molar-refractivity contribution is 8.00. The summed E-state index contributed by atoms with van der Waals surface area (Å²) in [5.74, 6) is 0.903. The molecule has 0 bridgehead atoms. The molecule has 0 fully saturated rings. The first-order valence-corrected chi connectivity index (χ1v) is 10.0. The van der Waals surface area contributed by atoms with Crippen molar-refractivity contribution in [3.05, 3.63) is 48.8 Å². The van der Waals surface area contributed by atoms with E-state index >= 15 is 0 Å². The van der Waals surface area contributed by atoms with Crippen LogP contribution in [0.3, 0.4) is 0 Å². The Hall–Kier alpha value is -2.52. The van der Waals surface area contributed by atoms with Gasteiger partial charge in [-0.2, -0.15) is 5.10 Å². The van der Waals surface area contributed by atoms with E-state index < -0.39 is 0 Å². The largest absolute Gasteiger partial charge is 0.352 e. The lowest BCUT2D eigenvalue weighted by Crippen LogP contribution is -2.22. The van der Waals surface area contributed by atoms with Crippen LogP contribution in [0.5, 0.6) is 0 Å². The van der Waals surface area contributed by atoms with E-state index in [0.717, 1.165) is 26.2 Å². The van der Waals surface area contributed by atoms with Crippen molar-refractivity contribution in [1.82, 2.24) is 29.7 Å². The van der Waals surface area contributed by atoms with E-state index in [1.54, 1.807) is 40.4 Å². The van der Waals surface area contributed by atoms with Crippen molar-refractivity contribution in [2.24, 2.45) is 0 Å². The average molecular weight is 384 g/mol. The van der Waals surface area contributed by atoms with E-state index in [4.69, 9.17) is 0 Å². The molecule has 3 aromatic heterocycles. The lowest BCUT2D eigenvalue weighted by atomic mass is 10.1. The molecule has 4 rings (SSSR count). The number of fused-ring (bicyclic) bond motifs is 1. The predicted molar refractivity (Wildman–Crippen MR) is 105 cm³/mol. The molecule has 0 aliphatic rings. The molecule has 0 aliphatic carbocycles. The van der Waals surface area contributed by atoms with Crippen LogP contribution < -0.4 is 4.90 Å². The first-order valence-electron chi connectivity index (χ1n) is 8.00. The van der Waals surface area contributed by atoms with Crippen LogP contribution in [0.4, 0.5) is 5.82 Å². The number of aromatic nitrogens is 6.